The van der Waals surface area contributed by atoms with Crippen molar-refractivity contribution in [2.45, 2.75) is 212 Å². The van der Waals surface area contributed by atoms with Crippen LogP contribution in [0.2, 0.25) is 0 Å². The molecule has 0 saturated heterocycles. The first kappa shape index (κ1) is 52.5. The standard InChI is InChI=1S/C43H81O10P/c1-3-5-7-9-11-13-15-16-17-18-19-20-21-22-23-24-25-27-29-31-33-35-43(47)53-41(37-45)39-51-54(48,49)50-38-40(36-44)52-42(46)34-32-30-28-26-14-12-10-8-6-4-2/h15-16,18-19,40-41,44-45H,3-14,17,20-39H2,1-2H3,(H,48,49)/b16-15-,19-18-. The van der Waals surface area contributed by atoms with Crippen LogP contribution in [0, 0.1) is 0 Å². The molecule has 0 bridgehead atoms. The Bertz CT molecular complexity index is 957. The van der Waals surface area contributed by atoms with Crippen molar-refractivity contribution < 1.29 is 47.8 Å². The molecule has 0 aliphatic rings. The summed E-state index contributed by atoms with van der Waals surface area (Å²) in [5, 5.41) is 19.1. The predicted molar refractivity (Wildman–Crippen MR) is 219 cm³/mol. The molecular weight excluding hydrogens is 707 g/mol. The lowest BCUT2D eigenvalue weighted by molar-refractivity contribution is -0.153. The minimum atomic E-state index is -4.63. The number of allylic oxidation sites excluding steroid dienone is 4. The highest BCUT2D eigenvalue weighted by Gasteiger charge is 2.27. The monoisotopic (exact) mass is 789 g/mol. The summed E-state index contributed by atoms with van der Waals surface area (Å²) in [7, 11) is -4.63. The molecule has 318 valence electrons. The number of rotatable bonds is 41. The van der Waals surface area contributed by atoms with Gasteiger partial charge in [-0.1, -0.05) is 167 Å². The number of ether oxygens (including phenoxy) is 2. The first-order valence-corrected chi connectivity index (χ1v) is 23.3. The van der Waals surface area contributed by atoms with Gasteiger partial charge in [0.05, 0.1) is 26.4 Å². The second-order valence-electron chi connectivity index (χ2n) is 14.7. The molecule has 3 N–H and O–H groups in total. The molecule has 0 aromatic heterocycles. The Hall–Kier alpha value is -1.55. The van der Waals surface area contributed by atoms with Crippen LogP contribution in [0.5, 0.6) is 0 Å². The fraction of sp³-hybridized carbons (Fsp3) is 0.860. The van der Waals surface area contributed by atoms with E-state index < -0.39 is 58.4 Å². The number of unbranched alkanes of at least 4 members (excludes halogenated alkanes) is 23. The Morgan fingerprint density at radius 3 is 1.15 bits per heavy atom. The van der Waals surface area contributed by atoms with Gasteiger partial charge in [0.25, 0.3) is 0 Å². The van der Waals surface area contributed by atoms with Crippen LogP contribution < -0.4 is 0 Å². The lowest BCUT2D eigenvalue weighted by Crippen LogP contribution is -2.28. The lowest BCUT2D eigenvalue weighted by atomic mass is 10.1. The summed E-state index contributed by atoms with van der Waals surface area (Å²) in [5.41, 5.74) is 0. The smallest absolute Gasteiger partial charge is 0.457 e. The van der Waals surface area contributed by atoms with Gasteiger partial charge < -0.3 is 24.6 Å². The van der Waals surface area contributed by atoms with Gasteiger partial charge in [0, 0.05) is 12.8 Å². The summed E-state index contributed by atoms with van der Waals surface area (Å²) in [6.07, 6.45) is 38.7. The molecule has 10 nitrogen and oxygen atoms in total. The maximum absolute atomic E-state index is 12.3. The number of aliphatic hydroxyl groups excluding tert-OH is 2. The number of aliphatic hydroxyl groups is 2. The Labute approximate surface area is 329 Å². The summed E-state index contributed by atoms with van der Waals surface area (Å²) in [6, 6.07) is 0. The van der Waals surface area contributed by atoms with Crippen LogP contribution in [0.3, 0.4) is 0 Å². The van der Waals surface area contributed by atoms with E-state index in [4.69, 9.17) is 18.5 Å². The Morgan fingerprint density at radius 2 is 0.815 bits per heavy atom. The molecule has 0 aliphatic carbocycles. The highest BCUT2D eigenvalue weighted by molar-refractivity contribution is 7.47. The topological polar surface area (TPSA) is 149 Å². The van der Waals surface area contributed by atoms with E-state index in [9.17, 15) is 29.3 Å². The predicted octanol–water partition coefficient (Wildman–Crippen LogP) is 11.4. The minimum Gasteiger partial charge on any atom is -0.457 e. The molecule has 3 atom stereocenters. The zero-order valence-electron chi connectivity index (χ0n) is 34.4. The molecule has 0 rings (SSSR count). The number of phosphoric ester groups is 1. The van der Waals surface area contributed by atoms with E-state index in [0.29, 0.717) is 12.8 Å². The highest BCUT2D eigenvalue weighted by Crippen LogP contribution is 2.43. The Balaban J connectivity index is 3.87. The second-order valence-corrected chi connectivity index (χ2v) is 16.1. The van der Waals surface area contributed by atoms with E-state index in [1.807, 2.05) is 0 Å². The van der Waals surface area contributed by atoms with Crippen molar-refractivity contribution in [2.24, 2.45) is 0 Å². The van der Waals surface area contributed by atoms with Crippen molar-refractivity contribution in [1.29, 1.82) is 0 Å². The van der Waals surface area contributed by atoms with Crippen LogP contribution in [-0.2, 0) is 32.7 Å². The van der Waals surface area contributed by atoms with E-state index in [1.54, 1.807) is 0 Å². The number of hydrogen-bond donors (Lipinski definition) is 3. The van der Waals surface area contributed by atoms with Crippen LogP contribution in [0.25, 0.3) is 0 Å². The molecule has 0 amide bonds. The third kappa shape index (κ3) is 37.4. The van der Waals surface area contributed by atoms with Gasteiger partial charge in [0.15, 0.2) is 0 Å². The van der Waals surface area contributed by atoms with E-state index in [0.717, 1.165) is 51.4 Å². The van der Waals surface area contributed by atoms with Crippen molar-refractivity contribution in [3.63, 3.8) is 0 Å². The van der Waals surface area contributed by atoms with Crippen LogP contribution in [-0.4, -0.2) is 65.7 Å². The largest absolute Gasteiger partial charge is 0.472 e. The second kappa shape index (κ2) is 39.7. The summed E-state index contributed by atoms with van der Waals surface area (Å²) >= 11 is 0. The quantitative estimate of drug-likeness (QED) is 0.0236. The van der Waals surface area contributed by atoms with Crippen LogP contribution >= 0.6 is 7.82 Å². The van der Waals surface area contributed by atoms with E-state index in [2.05, 4.69) is 38.2 Å². The highest BCUT2D eigenvalue weighted by atomic mass is 31.2. The normalized spacial score (nSPS) is 14.1. The third-order valence-electron chi connectivity index (χ3n) is 9.42. The summed E-state index contributed by atoms with van der Waals surface area (Å²) < 4.78 is 32.5. The fourth-order valence-corrected chi connectivity index (χ4v) is 6.81. The molecule has 0 spiro atoms. The molecule has 0 aromatic rings. The Morgan fingerprint density at radius 1 is 0.500 bits per heavy atom. The number of esters is 2. The maximum atomic E-state index is 12.3. The van der Waals surface area contributed by atoms with Crippen molar-refractivity contribution in [1.82, 2.24) is 0 Å². The van der Waals surface area contributed by atoms with Gasteiger partial charge in [-0.2, -0.15) is 0 Å². The van der Waals surface area contributed by atoms with E-state index >= 15 is 0 Å². The third-order valence-corrected chi connectivity index (χ3v) is 10.4. The first-order valence-electron chi connectivity index (χ1n) is 21.8. The molecule has 11 heteroatoms. The van der Waals surface area contributed by atoms with Crippen LogP contribution in [0.15, 0.2) is 24.3 Å². The summed E-state index contributed by atoms with van der Waals surface area (Å²) in [6.45, 7) is 2.18. The first-order chi connectivity index (χ1) is 26.3. The zero-order valence-corrected chi connectivity index (χ0v) is 35.3. The summed E-state index contributed by atoms with van der Waals surface area (Å²) in [5.74, 6) is -1.02. The van der Waals surface area contributed by atoms with Gasteiger partial charge in [-0.15, -0.1) is 0 Å². The lowest BCUT2D eigenvalue weighted by Gasteiger charge is -2.20. The fourth-order valence-electron chi connectivity index (χ4n) is 6.03. The van der Waals surface area contributed by atoms with Gasteiger partial charge >= 0.3 is 19.8 Å². The van der Waals surface area contributed by atoms with E-state index in [1.165, 1.54) is 109 Å². The zero-order chi connectivity index (χ0) is 39.8. The molecule has 0 aliphatic heterocycles. The minimum absolute atomic E-state index is 0.189. The van der Waals surface area contributed by atoms with Crippen molar-refractivity contribution in [2.75, 3.05) is 26.4 Å². The Kier molecular flexibility index (Phi) is 38.5. The van der Waals surface area contributed by atoms with Gasteiger partial charge in [-0.05, 0) is 44.9 Å². The molecule has 54 heavy (non-hydrogen) atoms. The molecule has 0 heterocycles. The van der Waals surface area contributed by atoms with Crippen molar-refractivity contribution >= 4 is 19.8 Å². The van der Waals surface area contributed by atoms with Gasteiger partial charge in [0.2, 0.25) is 0 Å². The average molecular weight is 789 g/mol. The SMILES string of the molecule is CCCCCCC/C=C\C/C=C\CCCCCCCCCCCC(=O)OC(CO)COP(=O)(O)OCC(CO)OC(=O)CCCCCCCCCCCC. The number of phosphoric acid groups is 1. The van der Waals surface area contributed by atoms with Gasteiger partial charge in [-0.3, -0.25) is 18.6 Å². The van der Waals surface area contributed by atoms with Crippen molar-refractivity contribution in [3.05, 3.63) is 24.3 Å². The van der Waals surface area contributed by atoms with Crippen molar-refractivity contribution in [3.8, 4) is 0 Å². The molecule has 0 radical (unpaired) electrons. The summed E-state index contributed by atoms with van der Waals surface area (Å²) in [4.78, 5) is 34.4. The van der Waals surface area contributed by atoms with Gasteiger partial charge in [-0.25, -0.2) is 4.57 Å². The molecule has 0 aromatic carbocycles. The number of carbonyl (C=O) groups excluding carboxylic acids is 2. The average Bonchev–Trinajstić information content (AvgIpc) is 3.16. The number of hydrogen-bond acceptors (Lipinski definition) is 9. The molecule has 3 unspecified atom stereocenters. The molecule has 0 saturated carbocycles. The van der Waals surface area contributed by atoms with E-state index in [-0.39, 0.29) is 12.8 Å². The van der Waals surface area contributed by atoms with Gasteiger partial charge in [0.1, 0.15) is 12.2 Å². The molecule has 0 fully saturated rings. The van der Waals surface area contributed by atoms with Crippen LogP contribution in [0.4, 0.5) is 0 Å². The number of carbonyl (C=O) groups is 2. The maximum Gasteiger partial charge on any atom is 0.472 e. The molecular formula is C43H81O10P. The van der Waals surface area contributed by atoms with Crippen LogP contribution in [0.1, 0.15) is 200 Å².